The van der Waals surface area contributed by atoms with Crippen molar-refractivity contribution < 1.29 is 5.11 Å². The topological polar surface area (TPSA) is 60.9 Å². The third-order valence-corrected chi connectivity index (χ3v) is 3.77. The molecule has 3 N–H and O–H groups in total. The van der Waals surface area contributed by atoms with Crippen molar-refractivity contribution in [3.63, 3.8) is 0 Å². The average Bonchev–Trinajstić information content (AvgIpc) is 2.98. The van der Waals surface area contributed by atoms with Crippen molar-refractivity contribution in [1.29, 1.82) is 0 Å². The summed E-state index contributed by atoms with van der Waals surface area (Å²) in [6, 6.07) is 2.25. The fourth-order valence-corrected chi connectivity index (χ4v) is 2.50. The summed E-state index contributed by atoms with van der Waals surface area (Å²) in [6.45, 7) is 3.31. The number of nitrogens with zero attached hydrogens (tertiary/aromatic N) is 1. The van der Waals surface area contributed by atoms with Crippen LogP contribution in [0.1, 0.15) is 44.3 Å². The van der Waals surface area contributed by atoms with Gasteiger partial charge in [0.1, 0.15) is 0 Å². The van der Waals surface area contributed by atoms with Crippen LogP contribution < -0.4 is 5.32 Å². The second kappa shape index (κ2) is 4.97. The highest BCUT2D eigenvalue weighted by Crippen LogP contribution is 2.37. The second-order valence-electron chi connectivity index (χ2n) is 4.98. The highest BCUT2D eigenvalue weighted by molar-refractivity contribution is 5.03. The number of aromatic amines is 1. The Kier molecular flexibility index (Phi) is 3.61. The van der Waals surface area contributed by atoms with Gasteiger partial charge in [0.25, 0.3) is 0 Å². The summed E-state index contributed by atoms with van der Waals surface area (Å²) in [5, 5.41) is 19.9. The summed E-state index contributed by atoms with van der Waals surface area (Å²) in [5.41, 5.74) is 1.22. The first-order chi connectivity index (χ1) is 7.76. The summed E-state index contributed by atoms with van der Waals surface area (Å²) in [4.78, 5) is 0. The number of aliphatic hydroxyl groups excluding tert-OH is 1. The Morgan fingerprint density at radius 1 is 1.56 bits per heavy atom. The molecule has 2 rings (SSSR count). The Morgan fingerprint density at radius 3 is 2.88 bits per heavy atom. The molecule has 1 aromatic heterocycles. The molecule has 1 heterocycles. The second-order valence-corrected chi connectivity index (χ2v) is 4.98. The molecule has 1 aromatic rings. The smallest absolute Gasteiger partial charge is 0.0518 e. The van der Waals surface area contributed by atoms with Crippen molar-refractivity contribution in [3.8, 4) is 0 Å². The molecule has 1 aliphatic carbocycles. The van der Waals surface area contributed by atoms with E-state index >= 15 is 0 Å². The van der Waals surface area contributed by atoms with Gasteiger partial charge in [-0.15, -0.1) is 0 Å². The molecule has 4 heteroatoms. The van der Waals surface area contributed by atoms with Gasteiger partial charge in [-0.05, 0) is 25.8 Å². The van der Waals surface area contributed by atoms with E-state index in [0.717, 1.165) is 25.1 Å². The van der Waals surface area contributed by atoms with Crippen LogP contribution in [0.2, 0.25) is 0 Å². The minimum absolute atomic E-state index is 0.119. The van der Waals surface area contributed by atoms with Crippen LogP contribution >= 0.6 is 0 Å². The molecule has 1 fully saturated rings. The minimum Gasteiger partial charge on any atom is -0.396 e. The van der Waals surface area contributed by atoms with Crippen LogP contribution in [0.4, 0.5) is 0 Å². The molecule has 0 amide bonds. The lowest BCUT2D eigenvalue weighted by Gasteiger charge is -2.28. The first-order valence-corrected chi connectivity index (χ1v) is 6.09. The molecule has 0 bridgehead atoms. The monoisotopic (exact) mass is 223 g/mol. The molecular formula is C12H21N3O. The maximum absolute atomic E-state index is 9.50. The van der Waals surface area contributed by atoms with Crippen molar-refractivity contribution in [1.82, 2.24) is 15.5 Å². The van der Waals surface area contributed by atoms with Gasteiger partial charge in [0.2, 0.25) is 0 Å². The third kappa shape index (κ3) is 2.44. The standard InChI is InChI=1S/C12H21N3O/c1-10(11-4-7-14-15-11)13-8-12(9-16)5-2-3-6-12/h4,7,10,13,16H,2-3,5-6,8-9H2,1H3,(H,14,15). The van der Waals surface area contributed by atoms with E-state index in [1.54, 1.807) is 6.20 Å². The summed E-state index contributed by atoms with van der Waals surface area (Å²) < 4.78 is 0. The van der Waals surface area contributed by atoms with Gasteiger partial charge >= 0.3 is 0 Å². The Hall–Kier alpha value is -0.870. The highest BCUT2D eigenvalue weighted by Gasteiger charge is 2.33. The number of aliphatic hydroxyl groups is 1. The SMILES string of the molecule is CC(NCC1(CO)CCCC1)c1ccn[nH]1. The number of nitrogens with one attached hydrogen (secondary N) is 2. The van der Waals surface area contributed by atoms with Crippen molar-refractivity contribution in [2.75, 3.05) is 13.2 Å². The maximum atomic E-state index is 9.50. The predicted molar refractivity (Wildman–Crippen MR) is 63.0 cm³/mol. The Morgan fingerprint density at radius 2 is 2.31 bits per heavy atom. The van der Waals surface area contributed by atoms with Crippen molar-refractivity contribution >= 4 is 0 Å². The summed E-state index contributed by atoms with van der Waals surface area (Å²) in [7, 11) is 0. The van der Waals surface area contributed by atoms with Gasteiger partial charge < -0.3 is 10.4 Å². The molecule has 1 unspecified atom stereocenters. The predicted octanol–water partition coefficient (Wildman–Crippen LogP) is 1.61. The number of rotatable bonds is 5. The number of hydrogen-bond donors (Lipinski definition) is 3. The van der Waals surface area contributed by atoms with Crippen LogP contribution in [0.3, 0.4) is 0 Å². The molecule has 0 aliphatic heterocycles. The zero-order valence-electron chi connectivity index (χ0n) is 9.87. The number of aromatic nitrogens is 2. The van der Waals surface area contributed by atoms with Crippen molar-refractivity contribution in [3.05, 3.63) is 18.0 Å². The lowest BCUT2D eigenvalue weighted by atomic mass is 9.87. The molecule has 90 valence electrons. The van der Waals surface area contributed by atoms with Gasteiger partial charge in [0.15, 0.2) is 0 Å². The van der Waals surface area contributed by atoms with E-state index in [2.05, 4.69) is 22.4 Å². The van der Waals surface area contributed by atoms with Gasteiger partial charge in [-0.3, -0.25) is 5.10 Å². The summed E-state index contributed by atoms with van der Waals surface area (Å²) in [6.07, 6.45) is 6.56. The van der Waals surface area contributed by atoms with Crippen LogP contribution in [0.25, 0.3) is 0 Å². The Bertz CT molecular complexity index is 304. The molecule has 0 aromatic carbocycles. The third-order valence-electron chi connectivity index (χ3n) is 3.77. The zero-order valence-corrected chi connectivity index (χ0v) is 9.87. The largest absolute Gasteiger partial charge is 0.396 e. The van der Waals surface area contributed by atoms with Gasteiger partial charge in [-0.25, -0.2) is 0 Å². The first-order valence-electron chi connectivity index (χ1n) is 6.09. The summed E-state index contributed by atoms with van der Waals surface area (Å²) >= 11 is 0. The zero-order chi connectivity index (χ0) is 11.4. The normalized spacial score (nSPS) is 21.1. The molecule has 1 aliphatic rings. The fraction of sp³-hybridized carbons (Fsp3) is 0.750. The molecule has 0 spiro atoms. The molecule has 16 heavy (non-hydrogen) atoms. The van der Waals surface area contributed by atoms with Gasteiger partial charge in [0.05, 0.1) is 5.69 Å². The van der Waals surface area contributed by atoms with E-state index in [1.807, 2.05) is 6.07 Å². The van der Waals surface area contributed by atoms with E-state index in [4.69, 9.17) is 0 Å². The average molecular weight is 223 g/mol. The van der Waals surface area contributed by atoms with E-state index in [9.17, 15) is 5.11 Å². The van der Waals surface area contributed by atoms with Crippen LogP contribution in [0, 0.1) is 5.41 Å². The van der Waals surface area contributed by atoms with Crippen molar-refractivity contribution in [2.24, 2.45) is 5.41 Å². The van der Waals surface area contributed by atoms with E-state index in [-0.39, 0.29) is 11.5 Å². The fourth-order valence-electron chi connectivity index (χ4n) is 2.50. The maximum Gasteiger partial charge on any atom is 0.0518 e. The van der Waals surface area contributed by atoms with E-state index < -0.39 is 0 Å². The molecule has 1 saturated carbocycles. The van der Waals surface area contributed by atoms with Crippen LogP contribution in [-0.2, 0) is 0 Å². The van der Waals surface area contributed by atoms with Crippen LogP contribution in [-0.4, -0.2) is 28.5 Å². The molecule has 0 saturated heterocycles. The van der Waals surface area contributed by atoms with E-state index in [0.29, 0.717) is 6.61 Å². The van der Waals surface area contributed by atoms with Gasteiger partial charge in [-0.1, -0.05) is 12.8 Å². The van der Waals surface area contributed by atoms with Gasteiger partial charge in [0, 0.05) is 30.8 Å². The Balaban J connectivity index is 1.86. The summed E-state index contributed by atoms with van der Waals surface area (Å²) in [5.74, 6) is 0. The number of H-pyrrole nitrogens is 1. The van der Waals surface area contributed by atoms with Crippen molar-refractivity contribution in [2.45, 2.75) is 38.6 Å². The lowest BCUT2D eigenvalue weighted by Crippen LogP contribution is -2.36. The highest BCUT2D eigenvalue weighted by atomic mass is 16.3. The van der Waals surface area contributed by atoms with Crippen LogP contribution in [0.5, 0.6) is 0 Å². The molecular weight excluding hydrogens is 202 g/mol. The first kappa shape index (κ1) is 11.6. The number of hydrogen-bond acceptors (Lipinski definition) is 3. The van der Waals surface area contributed by atoms with Crippen LogP contribution in [0.15, 0.2) is 12.3 Å². The molecule has 4 nitrogen and oxygen atoms in total. The lowest BCUT2D eigenvalue weighted by molar-refractivity contribution is 0.125. The quantitative estimate of drug-likeness (QED) is 0.710. The Labute approximate surface area is 96.5 Å². The molecule has 0 radical (unpaired) electrons. The minimum atomic E-state index is 0.119. The van der Waals surface area contributed by atoms with Gasteiger partial charge in [-0.2, -0.15) is 5.10 Å². The molecule has 1 atom stereocenters. The van der Waals surface area contributed by atoms with E-state index in [1.165, 1.54) is 12.8 Å².